The standard InChI is InChI=1S/C27H29INO/c1-3-4-13-24-17-22-18-25(30-2)14-15-26(22)27(21-11-8-12-23(28)16-21)29(24)19-20-9-6-5-7-10-20/h5-12,14-16,18,24H,3-4,13,17,19H2,1-2H3/q+1/t24-/m0/s1. The van der Waals surface area contributed by atoms with Gasteiger partial charge in [-0.25, -0.2) is 4.58 Å². The fraction of sp³-hybridized carbons (Fsp3) is 0.296. The van der Waals surface area contributed by atoms with Crippen LogP contribution in [-0.2, 0) is 13.0 Å². The summed E-state index contributed by atoms with van der Waals surface area (Å²) in [5.41, 5.74) is 6.74. The zero-order valence-electron chi connectivity index (χ0n) is 17.8. The average Bonchev–Trinajstić information content (AvgIpc) is 2.78. The highest BCUT2D eigenvalue weighted by Gasteiger charge is 2.34. The Morgan fingerprint density at radius 1 is 1.00 bits per heavy atom. The molecule has 1 aliphatic rings. The number of unbranched alkanes of at least 4 members (excludes halogenated alkanes) is 1. The molecule has 1 aliphatic heterocycles. The number of fused-ring (bicyclic) bond motifs is 1. The maximum Gasteiger partial charge on any atom is 0.215 e. The van der Waals surface area contributed by atoms with Crippen molar-refractivity contribution in [2.45, 2.75) is 45.2 Å². The van der Waals surface area contributed by atoms with E-state index < -0.39 is 0 Å². The third kappa shape index (κ3) is 4.61. The third-order valence-corrected chi connectivity index (χ3v) is 6.61. The van der Waals surface area contributed by atoms with Gasteiger partial charge in [0.1, 0.15) is 5.75 Å². The van der Waals surface area contributed by atoms with Gasteiger partial charge in [-0.1, -0.05) is 49.7 Å². The van der Waals surface area contributed by atoms with Crippen molar-refractivity contribution in [3.05, 3.63) is 98.6 Å². The van der Waals surface area contributed by atoms with Crippen molar-refractivity contribution in [1.82, 2.24) is 0 Å². The number of hydrogen-bond donors (Lipinski definition) is 0. The van der Waals surface area contributed by atoms with Gasteiger partial charge in [0.15, 0.2) is 12.6 Å². The Morgan fingerprint density at radius 2 is 1.83 bits per heavy atom. The molecule has 3 aromatic carbocycles. The Morgan fingerprint density at radius 3 is 2.57 bits per heavy atom. The third-order valence-electron chi connectivity index (χ3n) is 5.94. The minimum Gasteiger partial charge on any atom is -0.497 e. The van der Waals surface area contributed by atoms with E-state index in [1.165, 1.54) is 50.8 Å². The highest BCUT2D eigenvalue weighted by atomic mass is 127. The highest BCUT2D eigenvalue weighted by Crippen LogP contribution is 2.30. The van der Waals surface area contributed by atoms with Gasteiger partial charge in [0, 0.05) is 27.5 Å². The molecule has 0 amide bonds. The molecule has 154 valence electrons. The van der Waals surface area contributed by atoms with Gasteiger partial charge in [-0.15, -0.1) is 0 Å². The smallest absolute Gasteiger partial charge is 0.215 e. The van der Waals surface area contributed by atoms with Crippen molar-refractivity contribution in [2.75, 3.05) is 7.11 Å². The number of nitrogens with zero attached hydrogens (tertiary/aromatic N) is 1. The predicted octanol–water partition coefficient (Wildman–Crippen LogP) is 6.46. The minimum atomic E-state index is 0.484. The lowest BCUT2D eigenvalue weighted by Gasteiger charge is -2.26. The van der Waals surface area contributed by atoms with Gasteiger partial charge in [-0.05, 0) is 71.0 Å². The molecule has 1 heterocycles. The minimum absolute atomic E-state index is 0.484. The molecule has 30 heavy (non-hydrogen) atoms. The van der Waals surface area contributed by atoms with Crippen LogP contribution < -0.4 is 4.74 Å². The van der Waals surface area contributed by atoms with Crippen LogP contribution in [0.5, 0.6) is 5.75 Å². The van der Waals surface area contributed by atoms with Crippen molar-refractivity contribution in [3.8, 4) is 5.75 Å². The molecule has 0 saturated heterocycles. The Hall–Kier alpha value is -2.14. The van der Waals surface area contributed by atoms with Crippen LogP contribution in [0.15, 0.2) is 72.8 Å². The summed E-state index contributed by atoms with van der Waals surface area (Å²) in [5.74, 6) is 0.946. The van der Waals surface area contributed by atoms with Crippen LogP contribution in [0, 0.1) is 3.57 Å². The summed E-state index contributed by atoms with van der Waals surface area (Å²) in [5, 5.41) is 0. The van der Waals surface area contributed by atoms with Crippen molar-refractivity contribution in [3.63, 3.8) is 0 Å². The van der Waals surface area contributed by atoms with Crippen LogP contribution >= 0.6 is 22.6 Å². The monoisotopic (exact) mass is 510 g/mol. The molecule has 0 spiro atoms. The van der Waals surface area contributed by atoms with Crippen molar-refractivity contribution >= 4 is 28.3 Å². The maximum atomic E-state index is 5.56. The van der Waals surface area contributed by atoms with Gasteiger partial charge in [0.05, 0.1) is 12.7 Å². The molecule has 0 aromatic heterocycles. The lowest BCUT2D eigenvalue weighted by molar-refractivity contribution is -0.583. The molecule has 0 unspecified atom stereocenters. The lowest BCUT2D eigenvalue weighted by Crippen LogP contribution is -2.39. The normalized spacial score (nSPS) is 15.8. The molecule has 0 saturated carbocycles. The molecule has 4 rings (SSSR count). The first-order valence-corrected chi connectivity index (χ1v) is 11.9. The van der Waals surface area contributed by atoms with Crippen LogP contribution in [0.2, 0.25) is 0 Å². The highest BCUT2D eigenvalue weighted by molar-refractivity contribution is 14.1. The Labute approximate surface area is 193 Å². The number of hydrogen-bond acceptors (Lipinski definition) is 1. The Kier molecular flexibility index (Phi) is 6.88. The van der Waals surface area contributed by atoms with Crippen LogP contribution in [0.4, 0.5) is 0 Å². The predicted molar refractivity (Wildman–Crippen MR) is 133 cm³/mol. The van der Waals surface area contributed by atoms with Crippen molar-refractivity contribution in [1.29, 1.82) is 0 Å². The Bertz CT molecular complexity index is 1040. The Balaban J connectivity index is 1.92. The van der Waals surface area contributed by atoms with Gasteiger partial charge in [-0.2, -0.15) is 0 Å². The number of ether oxygens (including phenoxy) is 1. The molecule has 0 aliphatic carbocycles. The molecule has 0 bridgehead atoms. The molecular formula is C27H29INO+. The second-order valence-corrected chi connectivity index (χ2v) is 9.24. The van der Waals surface area contributed by atoms with E-state index in [0.29, 0.717) is 6.04 Å². The second-order valence-electron chi connectivity index (χ2n) is 8.00. The summed E-state index contributed by atoms with van der Waals surface area (Å²) in [6.45, 7) is 3.22. The van der Waals surface area contributed by atoms with Gasteiger partial charge < -0.3 is 4.74 Å². The first kappa shape index (κ1) is 21.1. The number of methoxy groups -OCH3 is 1. The van der Waals surface area contributed by atoms with E-state index in [2.05, 4.69) is 107 Å². The van der Waals surface area contributed by atoms with E-state index in [1.54, 1.807) is 7.11 Å². The van der Waals surface area contributed by atoms with E-state index in [0.717, 1.165) is 18.7 Å². The van der Waals surface area contributed by atoms with Crippen molar-refractivity contribution < 1.29 is 9.31 Å². The van der Waals surface area contributed by atoms with Crippen LogP contribution in [0.3, 0.4) is 0 Å². The van der Waals surface area contributed by atoms with Crippen LogP contribution in [-0.4, -0.2) is 23.4 Å². The van der Waals surface area contributed by atoms with Gasteiger partial charge in [0.25, 0.3) is 0 Å². The van der Waals surface area contributed by atoms with Gasteiger partial charge >= 0.3 is 0 Å². The van der Waals surface area contributed by atoms with Crippen LogP contribution in [0.25, 0.3) is 0 Å². The van der Waals surface area contributed by atoms with Gasteiger partial charge in [0.2, 0.25) is 5.71 Å². The lowest BCUT2D eigenvalue weighted by atomic mass is 9.87. The summed E-state index contributed by atoms with van der Waals surface area (Å²) in [6, 6.07) is 26.8. The SMILES string of the molecule is CCCC[C@H]1Cc2cc(OC)ccc2C(c2cccc(I)c2)=[N+]1Cc1ccccc1. The van der Waals surface area contributed by atoms with Crippen LogP contribution in [0.1, 0.15) is 48.4 Å². The average molecular weight is 510 g/mol. The largest absolute Gasteiger partial charge is 0.497 e. The maximum absolute atomic E-state index is 5.56. The summed E-state index contributed by atoms with van der Waals surface area (Å²) >= 11 is 2.42. The van der Waals surface area contributed by atoms with E-state index in [-0.39, 0.29) is 0 Å². The van der Waals surface area contributed by atoms with E-state index in [4.69, 9.17) is 4.74 Å². The molecule has 1 atom stereocenters. The molecule has 2 nitrogen and oxygen atoms in total. The van der Waals surface area contributed by atoms with E-state index >= 15 is 0 Å². The molecule has 3 heteroatoms. The molecule has 0 N–H and O–H groups in total. The first-order chi connectivity index (χ1) is 14.7. The molecular weight excluding hydrogens is 481 g/mol. The zero-order valence-corrected chi connectivity index (χ0v) is 19.9. The summed E-state index contributed by atoms with van der Waals surface area (Å²) < 4.78 is 9.48. The van der Waals surface area contributed by atoms with Gasteiger partial charge in [-0.3, -0.25) is 0 Å². The summed E-state index contributed by atoms with van der Waals surface area (Å²) in [7, 11) is 1.75. The number of rotatable bonds is 7. The molecule has 0 radical (unpaired) electrons. The summed E-state index contributed by atoms with van der Waals surface area (Å²) in [4.78, 5) is 0. The quantitative estimate of drug-likeness (QED) is 0.262. The fourth-order valence-electron chi connectivity index (χ4n) is 4.44. The molecule has 0 fully saturated rings. The topological polar surface area (TPSA) is 12.2 Å². The van der Waals surface area contributed by atoms with E-state index in [1.807, 2.05) is 0 Å². The zero-order chi connectivity index (χ0) is 20.9. The fourth-order valence-corrected chi connectivity index (χ4v) is 4.98. The molecule has 3 aromatic rings. The number of halogens is 1. The second kappa shape index (κ2) is 9.78. The summed E-state index contributed by atoms with van der Waals surface area (Å²) in [6.07, 6.45) is 4.73. The first-order valence-electron chi connectivity index (χ1n) is 10.8. The number of benzene rings is 3. The van der Waals surface area contributed by atoms with Crippen molar-refractivity contribution in [2.24, 2.45) is 0 Å². The van der Waals surface area contributed by atoms with E-state index in [9.17, 15) is 0 Å².